The maximum Gasteiger partial charge on any atom is 0.621 e. The Balaban J connectivity index is 2.79. The second kappa shape index (κ2) is 3.28. The lowest BCUT2D eigenvalue weighted by atomic mass is 9.80. The predicted octanol–water partition coefficient (Wildman–Crippen LogP) is 2.64. The molecule has 1 rings (SSSR count). The van der Waals surface area contributed by atoms with Crippen molar-refractivity contribution in [2.45, 2.75) is 26.9 Å². The van der Waals surface area contributed by atoms with Gasteiger partial charge in [-0.3, -0.25) is 0 Å². The van der Waals surface area contributed by atoms with E-state index in [4.69, 9.17) is 9.42 Å². The monoisotopic (exact) mass is 209 g/mol. The van der Waals surface area contributed by atoms with Gasteiger partial charge in [-0.25, -0.2) is 0 Å². The number of rotatable bonds is 1. The summed E-state index contributed by atoms with van der Waals surface area (Å²) in [7, 11) is -4.05. The Hall–Kier alpha value is -0.0200. The Labute approximate surface area is 78.3 Å². The van der Waals surface area contributed by atoms with Crippen molar-refractivity contribution in [3.05, 3.63) is 12.2 Å². The van der Waals surface area contributed by atoms with Crippen LogP contribution in [-0.4, -0.2) is 17.6 Å². The first kappa shape index (κ1) is 11.1. The fourth-order valence-electron chi connectivity index (χ4n) is 1.14. The summed E-state index contributed by atoms with van der Waals surface area (Å²) < 4.78 is 22.3. The van der Waals surface area contributed by atoms with Gasteiger partial charge in [0.15, 0.2) is 0 Å². The van der Waals surface area contributed by atoms with E-state index in [1.54, 1.807) is 6.92 Å². The molecular formula is C8H15FO3P+. The summed E-state index contributed by atoms with van der Waals surface area (Å²) in [6, 6.07) is 0. The van der Waals surface area contributed by atoms with Crippen molar-refractivity contribution in [3.63, 3.8) is 0 Å². The molecule has 13 heavy (non-hydrogen) atoms. The molecule has 0 aromatic heterocycles. The highest BCUT2D eigenvalue weighted by Crippen LogP contribution is 2.65. The van der Waals surface area contributed by atoms with Gasteiger partial charge in [0.25, 0.3) is 0 Å². The number of halogens is 1. The zero-order valence-electron chi connectivity index (χ0n) is 8.08. The van der Waals surface area contributed by atoms with Crippen LogP contribution in [0.3, 0.4) is 0 Å². The highest BCUT2D eigenvalue weighted by Gasteiger charge is 2.56. The molecule has 3 nitrogen and oxygen atoms in total. The van der Waals surface area contributed by atoms with E-state index in [1.165, 1.54) is 0 Å². The Kier molecular flexibility index (Phi) is 2.79. The highest BCUT2D eigenvalue weighted by molar-refractivity contribution is 7.55. The largest absolute Gasteiger partial charge is 0.621 e. The van der Waals surface area contributed by atoms with Gasteiger partial charge >= 0.3 is 8.25 Å². The standard InChI is InChI=1S/C8H15FO3P/c1-6(2)8(4)5-11-13(9,10)12-7(8)3/h7,10H,1,5H2,2-4H3/q+1. The Morgan fingerprint density at radius 3 is 2.69 bits per heavy atom. The van der Waals surface area contributed by atoms with Crippen LogP contribution < -0.4 is 0 Å². The molecule has 0 spiro atoms. The zero-order valence-corrected chi connectivity index (χ0v) is 8.97. The molecule has 0 radical (unpaired) electrons. The van der Waals surface area contributed by atoms with Crippen LogP contribution in [0.1, 0.15) is 20.8 Å². The molecule has 0 amide bonds. The molecule has 1 fully saturated rings. The van der Waals surface area contributed by atoms with Crippen molar-refractivity contribution in [2.24, 2.45) is 5.41 Å². The second-order valence-corrected chi connectivity index (χ2v) is 5.04. The summed E-state index contributed by atoms with van der Waals surface area (Å²) in [6.07, 6.45) is -0.415. The van der Waals surface area contributed by atoms with Crippen molar-refractivity contribution in [2.75, 3.05) is 6.61 Å². The van der Waals surface area contributed by atoms with Crippen LogP contribution in [0.4, 0.5) is 4.20 Å². The molecule has 3 unspecified atom stereocenters. The molecule has 1 aliphatic rings. The van der Waals surface area contributed by atoms with Crippen LogP contribution in [0.5, 0.6) is 0 Å². The minimum atomic E-state index is -4.05. The first-order valence-electron chi connectivity index (χ1n) is 4.08. The topological polar surface area (TPSA) is 38.7 Å². The summed E-state index contributed by atoms with van der Waals surface area (Å²) in [4.78, 5) is 8.93. The third kappa shape index (κ3) is 2.08. The smallest absolute Gasteiger partial charge is 0.164 e. The third-order valence-corrected chi connectivity index (χ3v) is 3.71. The number of hydrogen-bond acceptors (Lipinski definition) is 3. The van der Waals surface area contributed by atoms with Gasteiger partial charge in [-0.15, -0.1) is 9.05 Å². The van der Waals surface area contributed by atoms with Gasteiger partial charge in [0.1, 0.15) is 12.7 Å². The molecule has 3 atom stereocenters. The molecule has 1 heterocycles. The maximum absolute atomic E-state index is 12.9. The molecule has 1 aliphatic heterocycles. The summed E-state index contributed by atoms with van der Waals surface area (Å²) >= 11 is 0. The molecule has 1 N–H and O–H groups in total. The van der Waals surface area contributed by atoms with Gasteiger partial charge in [0, 0.05) is 9.61 Å². The van der Waals surface area contributed by atoms with Gasteiger partial charge in [0.2, 0.25) is 0 Å². The summed E-state index contributed by atoms with van der Waals surface area (Å²) in [5.41, 5.74) is 0.443. The van der Waals surface area contributed by atoms with Crippen LogP contribution >= 0.6 is 8.25 Å². The van der Waals surface area contributed by atoms with Gasteiger partial charge in [-0.2, -0.15) is 4.89 Å². The van der Waals surface area contributed by atoms with E-state index >= 15 is 0 Å². The SMILES string of the molecule is C=C(C)C1(C)CO[P+](O)(F)OC1C. The van der Waals surface area contributed by atoms with Crippen molar-refractivity contribution >= 4 is 8.25 Å². The molecule has 1 saturated heterocycles. The molecule has 0 bridgehead atoms. The third-order valence-electron chi connectivity index (χ3n) is 2.68. The fraction of sp³-hybridized carbons (Fsp3) is 0.750. The van der Waals surface area contributed by atoms with Crippen molar-refractivity contribution in [3.8, 4) is 0 Å². The molecule has 5 heteroatoms. The van der Waals surface area contributed by atoms with Crippen molar-refractivity contribution in [1.29, 1.82) is 0 Å². The average Bonchev–Trinajstić information content (AvgIpc) is 1.96. The molecular weight excluding hydrogens is 194 g/mol. The van der Waals surface area contributed by atoms with Crippen LogP contribution in [0.2, 0.25) is 0 Å². The van der Waals surface area contributed by atoms with Gasteiger partial charge < -0.3 is 0 Å². The van der Waals surface area contributed by atoms with E-state index in [9.17, 15) is 4.20 Å². The van der Waals surface area contributed by atoms with Crippen LogP contribution in [0.25, 0.3) is 0 Å². The lowest BCUT2D eigenvalue weighted by molar-refractivity contribution is -0.0324. The average molecular weight is 209 g/mol. The fourth-order valence-corrected chi connectivity index (χ4v) is 2.25. The molecule has 0 aromatic rings. The summed E-state index contributed by atoms with van der Waals surface area (Å²) in [6.45, 7) is 9.33. The molecule has 0 saturated carbocycles. The van der Waals surface area contributed by atoms with Crippen LogP contribution in [0, 0.1) is 5.41 Å². The van der Waals surface area contributed by atoms with E-state index in [-0.39, 0.29) is 6.61 Å². The summed E-state index contributed by atoms with van der Waals surface area (Å²) in [5, 5.41) is 0. The van der Waals surface area contributed by atoms with Crippen molar-refractivity contribution < 1.29 is 18.1 Å². The van der Waals surface area contributed by atoms with Gasteiger partial charge in [-0.1, -0.05) is 19.1 Å². The van der Waals surface area contributed by atoms with E-state index in [2.05, 4.69) is 11.1 Å². The van der Waals surface area contributed by atoms with Crippen LogP contribution in [0.15, 0.2) is 12.2 Å². The minimum Gasteiger partial charge on any atom is -0.164 e. The Morgan fingerprint density at radius 2 is 2.31 bits per heavy atom. The van der Waals surface area contributed by atoms with Gasteiger partial charge in [0.05, 0.1) is 0 Å². The quantitative estimate of drug-likeness (QED) is 0.533. The van der Waals surface area contributed by atoms with Crippen LogP contribution in [-0.2, 0) is 9.05 Å². The maximum atomic E-state index is 12.9. The molecule has 76 valence electrons. The Morgan fingerprint density at radius 1 is 1.77 bits per heavy atom. The lowest BCUT2D eigenvalue weighted by Crippen LogP contribution is -2.41. The first-order chi connectivity index (χ1) is 5.78. The number of hydrogen-bond donors (Lipinski definition) is 1. The van der Waals surface area contributed by atoms with E-state index < -0.39 is 19.8 Å². The lowest BCUT2D eigenvalue weighted by Gasteiger charge is -2.36. The van der Waals surface area contributed by atoms with E-state index in [0.717, 1.165) is 5.57 Å². The second-order valence-electron chi connectivity index (χ2n) is 3.67. The minimum absolute atomic E-state index is 0.115. The molecule has 0 aromatic carbocycles. The van der Waals surface area contributed by atoms with Gasteiger partial charge in [-0.05, 0) is 13.8 Å². The normalized spacial score (nSPS) is 46.1. The Bertz CT molecular complexity index is 231. The first-order valence-corrected chi connectivity index (χ1v) is 5.55. The summed E-state index contributed by atoms with van der Waals surface area (Å²) in [5.74, 6) is 0. The van der Waals surface area contributed by atoms with E-state index in [0.29, 0.717) is 0 Å². The highest BCUT2D eigenvalue weighted by atomic mass is 31.3. The van der Waals surface area contributed by atoms with Crippen molar-refractivity contribution in [1.82, 2.24) is 0 Å². The molecule has 0 aliphatic carbocycles. The zero-order chi connectivity index (χ0) is 10.3. The van der Waals surface area contributed by atoms with E-state index in [1.807, 2.05) is 13.8 Å². The predicted molar refractivity (Wildman–Crippen MR) is 49.7 cm³/mol.